The fourth-order valence-corrected chi connectivity index (χ4v) is 18.3. The van der Waals surface area contributed by atoms with Gasteiger partial charge in [-0.15, -0.1) is 0 Å². The third-order valence-corrected chi connectivity index (χ3v) is 22.8. The Morgan fingerprint density at radius 1 is 0.185 bits per heavy atom. The maximum Gasteiger partial charge on any atom is 0.252 e. The lowest BCUT2D eigenvalue weighted by Gasteiger charge is -2.46. The van der Waals surface area contributed by atoms with Crippen molar-refractivity contribution in [3.8, 4) is 83.8 Å². The summed E-state index contributed by atoms with van der Waals surface area (Å²) in [6, 6.07) is 150. The van der Waals surface area contributed by atoms with Gasteiger partial charge in [-0.1, -0.05) is 340 Å². The molecule has 0 unspecified atom stereocenters. The lowest BCUT2D eigenvalue weighted by Crippen LogP contribution is -2.61. The Morgan fingerprint density at radius 3 is 0.889 bits per heavy atom. The monoisotopic (exact) mass is 1370 g/mol. The van der Waals surface area contributed by atoms with Crippen molar-refractivity contribution >= 4 is 123 Å². The van der Waals surface area contributed by atoms with E-state index >= 15 is 0 Å². The Labute approximate surface area is 626 Å². The molecule has 5 nitrogen and oxygen atoms in total. The van der Waals surface area contributed by atoms with Crippen LogP contribution in [0.15, 0.2) is 400 Å². The fourth-order valence-electron chi connectivity index (χ4n) is 18.3. The summed E-state index contributed by atoms with van der Waals surface area (Å²) in [5.74, 6) is 0. The first-order valence-corrected chi connectivity index (χ1v) is 37.4. The smallest absolute Gasteiger partial charge is 0.252 e. The highest BCUT2D eigenvalue weighted by Crippen LogP contribution is 2.56. The van der Waals surface area contributed by atoms with E-state index in [1.165, 1.54) is 37.9 Å². The van der Waals surface area contributed by atoms with Gasteiger partial charge in [0.25, 0.3) is 6.71 Å². The summed E-state index contributed by atoms with van der Waals surface area (Å²) in [6.07, 6.45) is 0. The molecule has 0 amide bonds. The van der Waals surface area contributed by atoms with Crippen LogP contribution in [0.2, 0.25) is 0 Å². The fraction of sp³-hybridized carbons (Fsp3) is 0. The largest absolute Gasteiger partial charge is 0.310 e. The molecule has 5 heterocycles. The van der Waals surface area contributed by atoms with Crippen LogP contribution in [-0.2, 0) is 0 Å². The van der Waals surface area contributed by atoms with Crippen molar-refractivity contribution in [3.05, 3.63) is 400 Å². The van der Waals surface area contributed by atoms with Gasteiger partial charge in [0.1, 0.15) is 0 Å². The van der Waals surface area contributed by atoms with Crippen LogP contribution >= 0.6 is 0 Å². The third kappa shape index (κ3) is 9.33. The average molecular weight is 1370 g/mol. The molecule has 20 aromatic rings. The summed E-state index contributed by atoms with van der Waals surface area (Å²) in [5, 5.41) is 7.13. The molecule has 6 heteroatoms. The molecule has 3 aromatic heterocycles. The molecule has 2 aliphatic rings. The molecular formula is C102H66BN5. The third-order valence-electron chi connectivity index (χ3n) is 22.8. The molecule has 0 fully saturated rings. The van der Waals surface area contributed by atoms with Crippen molar-refractivity contribution in [1.29, 1.82) is 0 Å². The highest BCUT2D eigenvalue weighted by molar-refractivity contribution is 7.00. The highest BCUT2D eigenvalue weighted by atomic mass is 15.2. The zero-order valence-corrected chi connectivity index (χ0v) is 58.9. The van der Waals surface area contributed by atoms with Crippen molar-refractivity contribution < 1.29 is 0 Å². The van der Waals surface area contributed by atoms with E-state index in [9.17, 15) is 0 Å². The number of hydrogen-bond acceptors (Lipinski definition) is 2. The number of hydrogen-bond donors (Lipinski definition) is 0. The number of rotatable bonds is 11. The van der Waals surface area contributed by atoms with E-state index in [0.717, 1.165) is 162 Å². The molecule has 0 saturated carbocycles. The molecule has 0 saturated heterocycles. The zero-order valence-electron chi connectivity index (χ0n) is 58.9. The maximum absolute atomic E-state index is 2.75. The molecule has 0 atom stereocenters. The number of anilines is 6. The number of para-hydroxylation sites is 8. The summed E-state index contributed by atoms with van der Waals surface area (Å²) in [6.45, 7) is -0.331. The summed E-state index contributed by atoms with van der Waals surface area (Å²) < 4.78 is 7.65. The van der Waals surface area contributed by atoms with Gasteiger partial charge in [-0.25, -0.2) is 0 Å². The van der Waals surface area contributed by atoms with Gasteiger partial charge in [-0.2, -0.15) is 0 Å². The second-order valence-corrected chi connectivity index (χ2v) is 28.5. The van der Waals surface area contributed by atoms with Crippen molar-refractivity contribution in [2.75, 3.05) is 9.80 Å². The molecular weight excluding hydrogens is 1310 g/mol. The van der Waals surface area contributed by atoms with Gasteiger partial charge in [-0.05, 0) is 110 Å². The van der Waals surface area contributed by atoms with Gasteiger partial charge in [0.05, 0.1) is 61.5 Å². The molecule has 0 N–H and O–H groups in total. The highest BCUT2D eigenvalue weighted by Gasteiger charge is 2.47. The maximum atomic E-state index is 2.75. The van der Waals surface area contributed by atoms with Gasteiger partial charge in [0.2, 0.25) is 0 Å². The van der Waals surface area contributed by atoms with E-state index in [1.807, 2.05) is 0 Å². The molecule has 0 aliphatic carbocycles. The van der Waals surface area contributed by atoms with Crippen LogP contribution in [0.1, 0.15) is 0 Å². The minimum absolute atomic E-state index is 0.331. The topological polar surface area (TPSA) is 21.3 Å². The SMILES string of the molecule is c1ccc(-c2cccc(-c3ccccc3)c2N2c3cc(-n4c5ccccc5c5ccccc54)ccc3B3c4ccc5c(c4N(c4c(-c6ccccc6)cccc4-c4ccccc4)c4cc(-n6c7ccccc7c7ccccc76)cc2c43)c2ccccc2n5-c2c(-c3ccccc3)cccc2-c2ccccc2)cc1. The molecule has 22 rings (SSSR count). The average Bonchev–Trinajstić information content (AvgIpc) is 1.14. The Morgan fingerprint density at radius 2 is 0.491 bits per heavy atom. The number of aromatic nitrogens is 3. The van der Waals surface area contributed by atoms with Crippen LogP contribution < -0.4 is 26.2 Å². The summed E-state index contributed by atoms with van der Waals surface area (Å²) in [5.41, 5.74) is 33.7. The van der Waals surface area contributed by atoms with E-state index in [0.29, 0.717) is 0 Å². The molecule has 502 valence electrons. The second kappa shape index (κ2) is 24.7. The Balaban J connectivity index is 0.963. The van der Waals surface area contributed by atoms with E-state index in [1.54, 1.807) is 0 Å². The van der Waals surface area contributed by atoms with Gasteiger partial charge in [0, 0.05) is 88.4 Å². The number of benzene rings is 17. The minimum Gasteiger partial charge on any atom is -0.310 e. The minimum atomic E-state index is -0.331. The molecule has 17 aromatic carbocycles. The van der Waals surface area contributed by atoms with E-state index in [-0.39, 0.29) is 6.71 Å². The first-order valence-electron chi connectivity index (χ1n) is 37.4. The van der Waals surface area contributed by atoms with Crippen LogP contribution in [0.25, 0.3) is 149 Å². The van der Waals surface area contributed by atoms with Crippen molar-refractivity contribution in [1.82, 2.24) is 13.7 Å². The molecule has 108 heavy (non-hydrogen) atoms. The number of nitrogens with zero attached hydrogens (tertiary/aromatic N) is 5. The van der Waals surface area contributed by atoms with Crippen LogP contribution in [0, 0.1) is 0 Å². The predicted octanol–water partition coefficient (Wildman–Crippen LogP) is 25.1. The second-order valence-electron chi connectivity index (χ2n) is 28.5. The molecule has 0 bridgehead atoms. The Kier molecular flexibility index (Phi) is 14.0. The summed E-state index contributed by atoms with van der Waals surface area (Å²) >= 11 is 0. The van der Waals surface area contributed by atoms with Gasteiger partial charge in [-0.3, -0.25) is 0 Å². The zero-order chi connectivity index (χ0) is 70.9. The van der Waals surface area contributed by atoms with Crippen LogP contribution in [0.4, 0.5) is 34.1 Å². The molecule has 2 aliphatic heterocycles. The number of fused-ring (bicyclic) bond motifs is 14. The van der Waals surface area contributed by atoms with Crippen LogP contribution in [0.5, 0.6) is 0 Å². The summed E-state index contributed by atoms with van der Waals surface area (Å²) in [7, 11) is 0. The van der Waals surface area contributed by atoms with Crippen molar-refractivity contribution in [3.63, 3.8) is 0 Å². The normalized spacial score (nSPS) is 12.4. The van der Waals surface area contributed by atoms with E-state index in [2.05, 4.69) is 424 Å². The van der Waals surface area contributed by atoms with E-state index in [4.69, 9.17) is 0 Å². The summed E-state index contributed by atoms with van der Waals surface area (Å²) in [4.78, 5) is 5.45. The van der Waals surface area contributed by atoms with Crippen LogP contribution in [-0.4, -0.2) is 20.4 Å². The lowest BCUT2D eigenvalue weighted by atomic mass is 9.33. The standard InChI is InChI=1S/C102H66BN5/c1-7-32-67(33-8-1)75-49-29-50-76(68-34-9-2-10-35-68)99(75)106-92-59-28-23-48-85(92)97-93(106)63-62-87-102(97)108(101-79(71-40-15-5-16-41-71)53-31-54-80(101)72-42-17-6-18-43-72)96-66-74(105-90-57-26-21-46-83(90)84-47-22-27-58-91(84)105)65-95-98(96)103(87)86-61-60-73(104-88-55-24-19-44-81(88)82-45-20-25-56-89(82)104)64-94(86)107(95)100-77(69-36-11-3-12-37-69)51-30-52-78(100)70-38-13-4-14-39-70/h1-66H. The Bertz CT molecular complexity index is 6700. The molecule has 0 spiro atoms. The first-order chi connectivity index (χ1) is 53.7. The van der Waals surface area contributed by atoms with Crippen molar-refractivity contribution in [2.24, 2.45) is 0 Å². The van der Waals surface area contributed by atoms with Crippen LogP contribution in [0.3, 0.4) is 0 Å². The van der Waals surface area contributed by atoms with Gasteiger partial charge in [0.15, 0.2) is 0 Å². The molecule has 0 radical (unpaired) electrons. The Hall–Kier alpha value is -14.2. The van der Waals surface area contributed by atoms with Gasteiger partial charge >= 0.3 is 0 Å². The first kappa shape index (κ1) is 61.3. The van der Waals surface area contributed by atoms with Crippen molar-refractivity contribution in [2.45, 2.75) is 0 Å². The lowest BCUT2D eigenvalue weighted by molar-refractivity contribution is 1.15. The predicted molar refractivity (Wildman–Crippen MR) is 456 cm³/mol. The van der Waals surface area contributed by atoms with Gasteiger partial charge < -0.3 is 23.5 Å². The quantitative estimate of drug-likeness (QED) is 0.120. The van der Waals surface area contributed by atoms with E-state index < -0.39 is 0 Å².